The Morgan fingerprint density at radius 1 is 1.26 bits per heavy atom. The SMILES string of the molecule is CCCCCNC(=O)c1cc(C)nc2c1nc1n2CCCCC1. The lowest BCUT2D eigenvalue weighted by atomic mass is 10.1. The first-order chi connectivity index (χ1) is 11.2. The second kappa shape index (κ2) is 7.11. The van der Waals surface area contributed by atoms with E-state index in [1.165, 1.54) is 12.8 Å². The van der Waals surface area contributed by atoms with Gasteiger partial charge in [-0.05, 0) is 32.3 Å². The molecule has 0 aromatic carbocycles. The fraction of sp³-hybridized carbons (Fsp3) is 0.611. The van der Waals surface area contributed by atoms with Crippen LogP contribution in [-0.2, 0) is 13.0 Å². The highest BCUT2D eigenvalue weighted by Gasteiger charge is 2.20. The highest BCUT2D eigenvalue weighted by molar-refractivity contribution is 6.04. The number of amides is 1. The van der Waals surface area contributed by atoms with E-state index in [-0.39, 0.29) is 5.91 Å². The molecule has 2 aromatic rings. The lowest BCUT2D eigenvalue weighted by Crippen LogP contribution is -2.25. The summed E-state index contributed by atoms with van der Waals surface area (Å²) in [5.41, 5.74) is 3.19. The quantitative estimate of drug-likeness (QED) is 0.861. The fourth-order valence-electron chi connectivity index (χ4n) is 3.26. The van der Waals surface area contributed by atoms with Gasteiger partial charge in [0, 0.05) is 25.2 Å². The van der Waals surface area contributed by atoms with Crippen molar-refractivity contribution in [2.24, 2.45) is 0 Å². The number of carbonyl (C=O) groups is 1. The first-order valence-electron chi connectivity index (χ1n) is 8.85. The van der Waals surface area contributed by atoms with Gasteiger partial charge in [0.25, 0.3) is 5.91 Å². The molecule has 0 radical (unpaired) electrons. The van der Waals surface area contributed by atoms with Gasteiger partial charge in [-0.1, -0.05) is 26.2 Å². The normalized spacial score (nSPS) is 14.5. The Morgan fingerprint density at radius 3 is 2.96 bits per heavy atom. The summed E-state index contributed by atoms with van der Waals surface area (Å²) in [5.74, 6) is 1.06. The molecule has 124 valence electrons. The zero-order chi connectivity index (χ0) is 16.2. The zero-order valence-corrected chi connectivity index (χ0v) is 14.2. The van der Waals surface area contributed by atoms with Crippen LogP contribution in [0, 0.1) is 6.92 Å². The van der Waals surface area contributed by atoms with Crippen LogP contribution in [0.25, 0.3) is 11.2 Å². The van der Waals surface area contributed by atoms with E-state index in [9.17, 15) is 4.79 Å². The van der Waals surface area contributed by atoms with Gasteiger partial charge in [-0.15, -0.1) is 0 Å². The molecule has 1 N–H and O–H groups in total. The number of aryl methyl sites for hydroxylation is 3. The second-order valence-corrected chi connectivity index (χ2v) is 6.44. The van der Waals surface area contributed by atoms with Crippen molar-refractivity contribution in [1.82, 2.24) is 19.9 Å². The molecule has 0 aliphatic carbocycles. The standard InChI is InChI=1S/C18H26N4O/c1-3-4-7-10-19-18(23)14-12-13(2)20-17-16(14)21-15-9-6-5-8-11-22(15)17/h12H,3-11H2,1-2H3,(H,19,23). The smallest absolute Gasteiger partial charge is 0.253 e. The van der Waals surface area contributed by atoms with Crippen molar-refractivity contribution in [3.63, 3.8) is 0 Å². The van der Waals surface area contributed by atoms with Gasteiger partial charge in [0.15, 0.2) is 5.65 Å². The summed E-state index contributed by atoms with van der Waals surface area (Å²) < 4.78 is 2.21. The molecule has 0 saturated carbocycles. The minimum Gasteiger partial charge on any atom is -0.352 e. The Labute approximate surface area is 137 Å². The maximum absolute atomic E-state index is 12.6. The molecule has 1 amide bonds. The van der Waals surface area contributed by atoms with Crippen LogP contribution in [0.1, 0.15) is 67.3 Å². The number of hydrogen-bond donors (Lipinski definition) is 1. The Kier molecular flexibility index (Phi) is 4.94. The third-order valence-corrected chi connectivity index (χ3v) is 4.50. The highest BCUT2D eigenvalue weighted by atomic mass is 16.1. The average Bonchev–Trinajstić information content (AvgIpc) is 2.73. The first kappa shape index (κ1) is 16.0. The molecule has 5 nitrogen and oxygen atoms in total. The molecule has 2 aromatic heterocycles. The number of unbranched alkanes of at least 4 members (excludes halogenated alkanes) is 2. The molecule has 1 aliphatic heterocycles. The Hall–Kier alpha value is -1.91. The summed E-state index contributed by atoms with van der Waals surface area (Å²) in [6.07, 6.45) is 7.86. The van der Waals surface area contributed by atoms with Crippen molar-refractivity contribution in [3.8, 4) is 0 Å². The molecule has 0 saturated heterocycles. The van der Waals surface area contributed by atoms with E-state index >= 15 is 0 Å². The van der Waals surface area contributed by atoms with Crippen LogP contribution in [0.3, 0.4) is 0 Å². The van der Waals surface area contributed by atoms with E-state index < -0.39 is 0 Å². The van der Waals surface area contributed by atoms with Crippen molar-refractivity contribution in [2.75, 3.05) is 6.54 Å². The van der Waals surface area contributed by atoms with Crippen molar-refractivity contribution in [3.05, 3.63) is 23.1 Å². The molecule has 0 spiro atoms. The molecule has 0 bridgehead atoms. The fourth-order valence-corrected chi connectivity index (χ4v) is 3.26. The van der Waals surface area contributed by atoms with Crippen LogP contribution in [0.5, 0.6) is 0 Å². The van der Waals surface area contributed by atoms with Crippen LogP contribution < -0.4 is 5.32 Å². The van der Waals surface area contributed by atoms with Crippen molar-refractivity contribution in [1.29, 1.82) is 0 Å². The lowest BCUT2D eigenvalue weighted by Gasteiger charge is -2.07. The highest BCUT2D eigenvalue weighted by Crippen LogP contribution is 2.23. The molecular formula is C18H26N4O. The number of aromatic nitrogens is 3. The third-order valence-electron chi connectivity index (χ3n) is 4.50. The number of nitrogens with zero attached hydrogens (tertiary/aromatic N) is 3. The summed E-state index contributed by atoms with van der Waals surface area (Å²) in [6.45, 7) is 5.79. The van der Waals surface area contributed by atoms with E-state index in [2.05, 4.69) is 21.8 Å². The van der Waals surface area contributed by atoms with Gasteiger partial charge in [-0.2, -0.15) is 0 Å². The van der Waals surface area contributed by atoms with Gasteiger partial charge >= 0.3 is 0 Å². The van der Waals surface area contributed by atoms with Gasteiger partial charge in [0.1, 0.15) is 11.3 Å². The first-order valence-corrected chi connectivity index (χ1v) is 8.85. The maximum Gasteiger partial charge on any atom is 0.253 e. The Morgan fingerprint density at radius 2 is 2.13 bits per heavy atom. The molecule has 0 atom stereocenters. The number of carbonyl (C=O) groups excluding carboxylic acids is 1. The Balaban J connectivity index is 1.92. The predicted octanol–water partition coefficient (Wildman–Crippen LogP) is 3.39. The summed E-state index contributed by atoms with van der Waals surface area (Å²) in [6, 6.07) is 1.87. The summed E-state index contributed by atoms with van der Waals surface area (Å²) in [4.78, 5) is 22.0. The van der Waals surface area contributed by atoms with E-state index in [1.807, 2.05) is 13.0 Å². The van der Waals surface area contributed by atoms with Crippen LogP contribution in [0.4, 0.5) is 0 Å². The molecule has 3 heterocycles. The monoisotopic (exact) mass is 314 g/mol. The predicted molar refractivity (Wildman–Crippen MR) is 91.7 cm³/mol. The molecule has 23 heavy (non-hydrogen) atoms. The molecule has 0 fully saturated rings. The van der Waals surface area contributed by atoms with Crippen LogP contribution >= 0.6 is 0 Å². The Bertz CT molecular complexity index is 705. The second-order valence-electron chi connectivity index (χ2n) is 6.44. The van der Waals surface area contributed by atoms with Crippen molar-refractivity contribution >= 4 is 17.1 Å². The minimum absolute atomic E-state index is 0.0233. The number of imidazole rings is 1. The number of rotatable bonds is 5. The van der Waals surface area contributed by atoms with Gasteiger partial charge in [-0.25, -0.2) is 9.97 Å². The summed E-state index contributed by atoms with van der Waals surface area (Å²) in [5, 5.41) is 3.03. The third kappa shape index (κ3) is 3.38. The van der Waals surface area contributed by atoms with Gasteiger partial charge in [0.05, 0.1) is 5.56 Å². The maximum atomic E-state index is 12.6. The van der Waals surface area contributed by atoms with Crippen molar-refractivity contribution < 1.29 is 4.79 Å². The number of hydrogen-bond acceptors (Lipinski definition) is 3. The van der Waals surface area contributed by atoms with E-state index in [4.69, 9.17) is 4.98 Å². The van der Waals surface area contributed by atoms with E-state index in [0.717, 1.165) is 67.9 Å². The van der Waals surface area contributed by atoms with Gasteiger partial charge < -0.3 is 9.88 Å². The lowest BCUT2D eigenvalue weighted by molar-refractivity contribution is 0.0954. The average molecular weight is 314 g/mol. The number of fused-ring (bicyclic) bond motifs is 3. The minimum atomic E-state index is -0.0233. The molecule has 0 unspecified atom stereocenters. The van der Waals surface area contributed by atoms with E-state index in [0.29, 0.717) is 5.56 Å². The topological polar surface area (TPSA) is 59.8 Å². The molecule has 1 aliphatic rings. The number of nitrogens with one attached hydrogen (secondary N) is 1. The van der Waals surface area contributed by atoms with E-state index in [1.54, 1.807) is 0 Å². The molecule has 3 rings (SSSR count). The molecule has 5 heteroatoms. The van der Waals surface area contributed by atoms with Gasteiger partial charge in [0.2, 0.25) is 0 Å². The van der Waals surface area contributed by atoms with Gasteiger partial charge in [-0.3, -0.25) is 4.79 Å². The van der Waals surface area contributed by atoms with Crippen molar-refractivity contribution in [2.45, 2.75) is 65.3 Å². The number of pyridine rings is 1. The summed E-state index contributed by atoms with van der Waals surface area (Å²) >= 11 is 0. The van der Waals surface area contributed by atoms with Crippen LogP contribution in [-0.4, -0.2) is 27.0 Å². The largest absolute Gasteiger partial charge is 0.352 e. The summed E-state index contributed by atoms with van der Waals surface area (Å²) in [7, 11) is 0. The molecular weight excluding hydrogens is 288 g/mol. The van der Waals surface area contributed by atoms with Crippen LogP contribution in [0.2, 0.25) is 0 Å². The zero-order valence-electron chi connectivity index (χ0n) is 14.2. The van der Waals surface area contributed by atoms with Crippen LogP contribution in [0.15, 0.2) is 6.07 Å².